The highest BCUT2D eigenvalue weighted by Gasteiger charge is 2.49. The van der Waals surface area contributed by atoms with E-state index < -0.39 is 15.7 Å². The van der Waals surface area contributed by atoms with Crippen LogP contribution in [0.1, 0.15) is 10.4 Å². The molecular weight excluding hydrogens is 440 g/mol. The molecule has 0 bridgehead atoms. The molecule has 2 unspecified atom stereocenters. The Kier molecular flexibility index (Phi) is 5.85. The highest BCUT2D eigenvalue weighted by Crippen LogP contribution is 2.42. The molecule has 2 atom stereocenters. The summed E-state index contributed by atoms with van der Waals surface area (Å²) in [6.45, 7) is 0. The number of nitrogens with zero attached hydrogens (tertiary/aromatic N) is 2. The van der Waals surface area contributed by atoms with Gasteiger partial charge in [-0.2, -0.15) is 4.99 Å². The number of sulfone groups is 1. The first kappa shape index (κ1) is 21.5. The average molecular weight is 463 g/mol. The van der Waals surface area contributed by atoms with Gasteiger partial charge in [-0.05, 0) is 24.3 Å². The molecule has 0 radical (unpaired) electrons. The summed E-state index contributed by atoms with van der Waals surface area (Å²) < 4.78 is 40.3. The van der Waals surface area contributed by atoms with E-state index in [1.165, 1.54) is 33.1 Å². The number of methoxy groups -OCH3 is 3. The molecule has 2 heterocycles. The summed E-state index contributed by atoms with van der Waals surface area (Å²) in [6.07, 6.45) is 0. The number of hydrogen-bond donors (Lipinski definition) is 0. The molecule has 0 aliphatic carbocycles. The van der Waals surface area contributed by atoms with Crippen LogP contribution in [-0.4, -0.2) is 63.6 Å². The molecule has 2 aromatic rings. The van der Waals surface area contributed by atoms with Gasteiger partial charge < -0.3 is 19.1 Å². The molecule has 4 rings (SSSR count). The molecule has 8 nitrogen and oxygen atoms in total. The third-order valence-electron chi connectivity index (χ3n) is 5.21. The monoisotopic (exact) mass is 462 g/mol. The topological polar surface area (TPSA) is 94.5 Å². The van der Waals surface area contributed by atoms with Crippen molar-refractivity contribution in [3.63, 3.8) is 0 Å². The Hall–Kier alpha value is -2.72. The smallest absolute Gasteiger partial charge is 0.279 e. The van der Waals surface area contributed by atoms with Crippen molar-refractivity contribution in [1.29, 1.82) is 0 Å². The van der Waals surface area contributed by atoms with E-state index in [0.717, 1.165) is 5.69 Å². The Morgan fingerprint density at radius 2 is 1.68 bits per heavy atom. The Labute approximate surface area is 185 Å². The van der Waals surface area contributed by atoms with Crippen molar-refractivity contribution in [2.45, 2.75) is 11.3 Å². The van der Waals surface area contributed by atoms with E-state index in [0.29, 0.717) is 22.4 Å². The lowest BCUT2D eigenvalue weighted by molar-refractivity contribution is 0.100. The molecule has 0 spiro atoms. The van der Waals surface area contributed by atoms with E-state index in [2.05, 4.69) is 4.99 Å². The summed E-state index contributed by atoms with van der Waals surface area (Å²) >= 11 is 1.33. The standard InChI is InChI=1S/C21H22N2O6S2/c1-27-16-9-13(10-17(28-2)19(16)29-3)20(24)22-21-23(14-7-5-4-6-8-14)15-11-31(25,26)12-18(15)30-21/h4-10,15,18H,11-12H2,1-3H3. The van der Waals surface area contributed by atoms with Crippen molar-refractivity contribution < 1.29 is 27.4 Å². The first-order valence-electron chi connectivity index (χ1n) is 9.51. The van der Waals surface area contributed by atoms with Gasteiger partial charge in [-0.1, -0.05) is 30.0 Å². The molecule has 2 saturated heterocycles. The van der Waals surface area contributed by atoms with E-state index in [1.807, 2.05) is 35.2 Å². The minimum absolute atomic E-state index is 0.0386. The second-order valence-electron chi connectivity index (χ2n) is 7.12. The highest BCUT2D eigenvalue weighted by molar-refractivity contribution is 8.16. The average Bonchev–Trinajstić information content (AvgIpc) is 3.23. The van der Waals surface area contributed by atoms with Gasteiger partial charge in [-0.15, -0.1) is 0 Å². The minimum atomic E-state index is -3.13. The van der Waals surface area contributed by atoms with Crippen molar-refractivity contribution in [3.8, 4) is 17.2 Å². The number of anilines is 1. The van der Waals surface area contributed by atoms with Crippen LogP contribution >= 0.6 is 11.8 Å². The van der Waals surface area contributed by atoms with Crippen molar-refractivity contribution in [1.82, 2.24) is 0 Å². The number of rotatable bonds is 5. The van der Waals surface area contributed by atoms with Crippen LogP contribution in [0.5, 0.6) is 17.2 Å². The summed E-state index contributed by atoms with van der Waals surface area (Å²) in [5, 5.41) is 0.312. The number of hydrogen-bond acceptors (Lipinski definition) is 7. The molecule has 2 aromatic carbocycles. The van der Waals surface area contributed by atoms with Crippen LogP contribution in [0.25, 0.3) is 0 Å². The zero-order chi connectivity index (χ0) is 22.2. The van der Waals surface area contributed by atoms with E-state index >= 15 is 0 Å². The molecule has 31 heavy (non-hydrogen) atoms. The maximum atomic E-state index is 13.1. The Morgan fingerprint density at radius 3 is 2.26 bits per heavy atom. The van der Waals surface area contributed by atoms with Gasteiger partial charge in [-0.3, -0.25) is 4.79 Å². The van der Waals surface area contributed by atoms with Gasteiger partial charge in [0, 0.05) is 16.5 Å². The van der Waals surface area contributed by atoms with E-state index in [4.69, 9.17) is 14.2 Å². The van der Waals surface area contributed by atoms with Crippen LogP contribution in [0, 0.1) is 0 Å². The predicted octanol–water partition coefficient (Wildman–Crippen LogP) is 2.63. The fourth-order valence-electron chi connectivity index (χ4n) is 3.81. The van der Waals surface area contributed by atoms with Crippen LogP contribution in [0.2, 0.25) is 0 Å². The van der Waals surface area contributed by atoms with Gasteiger partial charge in [0.1, 0.15) is 0 Å². The van der Waals surface area contributed by atoms with Crippen molar-refractivity contribution in [3.05, 3.63) is 48.0 Å². The first-order chi connectivity index (χ1) is 14.9. The van der Waals surface area contributed by atoms with Crippen LogP contribution in [0.4, 0.5) is 5.69 Å². The van der Waals surface area contributed by atoms with Crippen LogP contribution in [-0.2, 0) is 9.84 Å². The number of thioether (sulfide) groups is 1. The molecule has 10 heteroatoms. The number of carbonyl (C=O) groups is 1. The van der Waals surface area contributed by atoms with Crippen molar-refractivity contribution in [2.24, 2.45) is 4.99 Å². The second kappa shape index (κ2) is 8.43. The zero-order valence-electron chi connectivity index (χ0n) is 17.3. The van der Waals surface area contributed by atoms with Crippen molar-refractivity contribution in [2.75, 3.05) is 37.7 Å². The van der Waals surface area contributed by atoms with Crippen LogP contribution in [0.15, 0.2) is 47.5 Å². The molecule has 2 fully saturated rings. The third kappa shape index (κ3) is 4.09. The summed E-state index contributed by atoms with van der Waals surface area (Å²) in [7, 11) is 1.31. The molecule has 164 valence electrons. The highest BCUT2D eigenvalue weighted by atomic mass is 32.2. The molecule has 0 aromatic heterocycles. The summed E-state index contributed by atoms with van der Waals surface area (Å²) in [5.41, 5.74) is 1.08. The van der Waals surface area contributed by atoms with Gasteiger partial charge in [0.05, 0.1) is 38.9 Å². The quantitative estimate of drug-likeness (QED) is 0.669. The number of aliphatic imine (C=N–C) groups is 1. The number of benzene rings is 2. The van der Waals surface area contributed by atoms with E-state index in [-0.39, 0.29) is 28.4 Å². The lowest BCUT2D eigenvalue weighted by atomic mass is 10.1. The van der Waals surface area contributed by atoms with Gasteiger partial charge >= 0.3 is 0 Å². The van der Waals surface area contributed by atoms with E-state index in [9.17, 15) is 13.2 Å². The Morgan fingerprint density at radius 1 is 1.03 bits per heavy atom. The largest absolute Gasteiger partial charge is 0.493 e. The lowest BCUT2D eigenvalue weighted by Gasteiger charge is -2.24. The van der Waals surface area contributed by atoms with Gasteiger partial charge in [0.15, 0.2) is 26.5 Å². The number of ether oxygens (including phenoxy) is 3. The molecular formula is C21H22N2O6S2. The van der Waals surface area contributed by atoms with Crippen LogP contribution in [0.3, 0.4) is 0 Å². The number of amidine groups is 1. The number of carbonyl (C=O) groups excluding carboxylic acids is 1. The number of amides is 1. The molecule has 2 aliphatic heterocycles. The molecule has 0 saturated carbocycles. The lowest BCUT2D eigenvalue weighted by Crippen LogP contribution is -2.37. The van der Waals surface area contributed by atoms with E-state index in [1.54, 1.807) is 12.1 Å². The molecule has 1 amide bonds. The molecule has 0 N–H and O–H groups in total. The summed E-state index contributed by atoms with van der Waals surface area (Å²) in [5.74, 6) is 0.723. The fraction of sp³-hybridized carbons (Fsp3) is 0.333. The Bertz CT molecular complexity index is 1110. The normalized spacial score (nSPS) is 22.9. The zero-order valence-corrected chi connectivity index (χ0v) is 18.9. The summed E-state index contributed by atoms with van der Waals surface area (Å²) in [6, 6.07) is 12.2. The first-order valence-corrected chi connectivity index (χ1v) is 12.2. The van der Waals surface area contributed by atoms with Gasteiger partial charge in [-0.25, -0.2) is 8.42 Å². The third-order valence-corrected chi connectivity index (χ3v) is 8.42. The maximum Gasteiger partial charge on any atom is 0.279 e. The Balaban J connectivity index is 1.73. The maximum absolute atomic E-state index is 13.1. The second-order valence-corrected chi connectivity index (χ2v) is 10.5. The minimum Gasteiger partial charge on any atom is -0.493 e. The van der Waals surface area contributed by atoms with Crippen LogP contribution < -0.4 is 19.1 Å². The SMILES string of the molecule is COc1cc(C(=O)N=C2SC3CS(=O)(=O)CC3N2c2ccccc2)cc(OC)c1OC. The van der Waals surface area contributed by atoms with Gasteiger partial charge in [0.2, 0.25) is 5.75 Å². The van der Waals surface area contributed by atoms with Crippen molar-refractivity contribution >= 4 is 38.4 Å². The predicted molar refractivity (Wildman–Crippen MR) is 121 cm³/mol. The van der Waals surface area contributed by atoms with Gasteiger partial charge in [0.25, 0.3) is 5.91 Å². The molecule has 2 aliphatic rings. The number of para-hydroxylation sites is 1. The number of fused-ring (bicyclic) bond motifs is 1. The summed E-state index contributed by atoms with van der Waals surface area (Å²) in [4.78, 5) is 19.3. The fourth-order valence-corrected chi connectivity index (χ4v) is 7.72.